The molecule has 0 atom stereocenters. The van der Waals surface area contributed by atoms with Crippen molar-refractivity contribution < 1.29 is 0 Å². The third-order valence-corrected chi connectivity index (χ3v) is 4.22. The van der Waals surface area contributed by atoms with Crippen molar-refractivity contribution in [1.82, 2.24) is 9.97 Å². The summed E-state index contributed by atoms with van der Waals surface area (Å²) in [4.78, 5) is 9.28. The van der Waals surface area contributed by atoms with Gasteiger partial charge in [0.2, 0.25) is 5.95 Å². The number of para-hydroxylation sites is 1. The summed E-state index contributed by atoms with van der Waals surface area (Å²) in [5, 5.41) is 8.30. The molecule has 0 saturated heterocycles. The van der Waals surface area contributed by atoms with Crippen molar-refractivity contribution in [2.75, 3.05) is 10.6 Å². The largest absolute Gasteiger partial charge is 0.365 e. The maximum atomic E-state index is 6.06. The molecule has 0 radical (unpaired) electrons. The van der Waals surface area contributed by atoms with Gasteiger partial charge in [0.05, 0.1) is 5.52 Å². The molecule has 136 valence electrons. The molecule has 4 aromatic rings. The first kappa shape index (κ1) is 19.0. The van der Waals surface area contributed by atoms with E-state index in [-0.39, 0.29) is 12.4 Å². The Morgan fingerprint density at radius 1 is 0.815 bits per heavy atom. The molecule has 0 fully saturated rings. The summed E-state index contributed by atoms with van der Waals surface area (Å²) in [5.74, 6) is 1.32. The molecule has 2 N–H and O–H groups in total. The van der Waals surface area contributed by atoms with Gasteiger partial charge >= 0.3 is 0 Å². The van der Waals surface area contributed by atoms with Crippen LogP contribution in [0.2, 0.25) is 5.02 Å². The highest BCUT2D eigenvalue weighted by atomic mass is 35.5. The lowest BCUT2D eigenvalue weighted by Gasteiger charge is -2.12. The highest BCUT2D eigenvalue weighted by molar-refractivity contribution is 6.30. The van der Waals surface area contributed by atoms with Crippen molar-refractivity contribution in [2.24, 2.45) is 0 Å². The van der Waals surface area contributed by atoms with Gasteiger partial charge < -0.3 is 10.6 Å². The average Bonchev–Trinajstić information content (AvgIpc) is 2.67. The molecular formula is C21H18Cl2N4. The Kier molecular flexibility index (Phi) is 6.12. The second-order valence-corrected chi connectivity index (χ2v) is 6.32. The summed E-state index contributed by atoms with van der Waals surface area (Å²) in [6.07, 6.45) is 0. The number of aromatic nitrogens is 2. The molecule has 3 aromatic carbocycles. The van der Waals surface area contributed by atoms with E-state index in [0.717, 1.165) is 22.4 Å². The van der Waals surface area contributed by atoms with Crippen molar-refractivity contribution in [3.63, 3.8) is 0 Å². The minimum Gasteiger partial charge on any atom is -0.365 e. The second kappa shape index (κ2) is 8.71. The standard InChI is InChI=1S/C21H17ClN4.ClH/c22-16-9-6-10-17(13-16)24-21-25-19-12-5-4-11-18(19)20(26-21)23-14-15-7-2-1-3-8-15;/h1-13H,14H2,(H2,23,24,25,26);1H. The van der Waals surface area contributed by atoms with E-state index in [1.807, 2.05) is 66.7 Å². The lowest BCUT2D eigenvalue weighted by Crippen LogP contribution is -2.05. The van der Waals surface area contributed by atoms with Crippen LogP contribution in [-0.4, -0.2) is 9.97 Å². The Bertz CT molecular complexity index is 1040. The number of halogens is 2. The number of benzene rings is 3. The molecule has 4 rings (SSSR count). The first-order chi connectivity index (χ1) is 12.8. The number of hydrogen-bond donors (Lipinski definition) is 2. The number of anilines is 3. The van der Waals surface area contributed by atoms with Crippen molar-refractivity contribution in [2.45, 2.75) is 6.54 Å². The van der Waals surface area contributed by atoms with E-state index in [0.29, 0.717) is 17.5 Å². The smallest absolute Gasteiger partial charge is 0.229 e. The Hall–Kier alpha value is -2.82. The molecule has 0 aliphatic carbocycles. The van der Waals surface area contributed by atoms with Crippen LogP contribution in [0.3, 0.4) is 0 Å². The zero-order valence-corrected chi connectivity index (χ0v) is 16.0. The lowest BCUT2D eigenvalue weighted by molar-refractivity contribution is 1.10. The van der Waals surface area contributed by atoms with Gasteiger partial charge in [0.15, 0.2) is 0 Å². The predicted octanol–water partition coefficient (Wildman–Crippen LogP) is 6.06. The van der Waals surface area contributed by atoms with Gasteiger partial charge in [-0.3, -0.25) is 0 Å². The summed E-state index contributed by atoms with van der Waals surface area (Å²) >= 11 is 6.06. The molecular weight excluding hydrogens is 379 g/mol. The SMILES string of the molecule is Cl.Clc1cccc(Nc2nc(NCc3ccccc3)c3ccccc3n2)c1. The Morgan fingerprint density at radius 3 is 2.41 bits per heavy atom. The Balaban J connectivity index is 0.00000210. The molecule has 0 spiro atoms. The summed E-state index contributed by atoms with van der Waals surface area (Å²) in [7, 11) is 0. The highest BCUT2D eigenvalue weighted by Gasteiger charge is 2.08. The molecule has 0 bridgehead atoms. The first-order valence-electron chi connectivity index (χ1n) is 8.35. The molecule has 1 aromatic heterocycles. The third kappa shape index (κ3) is 4.67. The number of rotatable bonds is 5. The van der Waals surface area contributed by atoms with Crippen molar-refractivity contribution in [3.05, 3.63) is 89.4 Å². The summed E-state index contributed by atoms with van der Waals surface area (Å²) < 4.78 is 0. The van der Waals surface area contributed by atoms with Crippen LogP contribution in [0, 0.1) is 0 Å². The van der Waals surface area contributed by atoms with Gasteiger partial charge in [0, 0.05) is 22.6 Å². The molecule has 6 heteroatoms. The van der Waals surface area contributed by atoms with E-state index >= 15 is 0 Å². The molecule has 0 unspecified atom stereocenters. The van der Waals surface area contributed by atoms with Crippen LogP contribution in [-0.2, 0) is 6.54 Å². The second-order valence-electron chi connectivity index (χ2n) is 5.89. The zero-order chi connectivity index (χ0) is 17.8. The van der Waals surface area contributed by atoms with Gasteiger partial charge in [-0.1, -0.05) is 60.1 Å². The molecule has 0 aliphatic heterocycles. The van der Waals surface area contributed by atoms with E-state index in [2.05, 4.69) is 32.7 Å². The Morgan fingerprint density at radius 2 is 1.59 bits per heavy atom. The number of fused-ring (bicyclic) bond motifs is 1. The van der Waals surface area contributed by atoms with Gasteiger partial charge in [-0.05, 0) is 35.9 Å². The lowest BCUT2D eigenvalue weighted by atomic mass is 10.2. The van der Waals surface area contributed by atoms with Crippen molar-refractivity contribution in [1.29, 1.82) is 0 Å². The molecule has 0 aliphatic rings. The number of nitrogens with zero attached hydrogens (tertiary/aromatic N) is 2. The van der Waals surface area contributed by atoms with Crippen LogP contribution in [0.25, 0.3) is 10.9 Å². The minimum atomic E-state index is 0. The van der Waals surface area contributed by atoms with E-state index in [1.54, 1.807) is 0 Å². The fourth-order valence-electron chi connectivity index (χ4n) is 2.74. The molecule has 1 heterocycles. The normalized spacial score (nSPS) is 10.3. The van der Waals surface area contributed by atoms with Crippen LogP contribution in [0.1, 0.15) is 5.56 Å². The average molecular weight is 397 g/mol. The molecule has 4 nitrogen and oxygen atoms in total. The third-order valence-electron chi connectivity index (χ3n) is 3.99. The van der Waals surface area contributed by atoms with Crippen LogP contribution in [0.5, 0.6) is 0 Å². The van der Waals surface area contributed by atoms with Crippen molar-refractivity contribution >= 4 is 52.4 Å². The molecule has 27 heavy (non-hydrogen) atoms. The first-order valence-corrected chi connectivity index (χ1v) is 8.73. The highest BCUT2D eigenvalue weighted by Crippen LogP contribution is 2.25. The maximum absolute atomic E-state index is 6.06. The summed E-state index contributed by atoms with van der Waals surface area (Å²) in [6, 6.07) is 25.7. The maximum Gasteiger partial charge on any atom is 0.229 e. The molecule has 0 saturated carbocycles. The minimum absolute atomic E-state index is 0. The fraction of sp³-hybridized carbons (Fsp3) is 0.0476. The van der Waals surface area contributed by atoms with Crippen LogP contribution in [0.15, 0.2) is 78.9 Å². The van der Waals surface area contributed by atoms with Gasteiger partial charge in [0.1, 0.15) is 5.82 Å². The van der Waals surface area contributed by atoms with E-state index < -0.39 is 0 Å². The van der Waals surface area contributed by atoms with E-state index in [1.165, 1.54) is 5.56 Å². The summed E-state index contributed by atoms with van der Waals surface area (Å²) in [6.45, 7) is 0.693. The predicted molar refractivity (Wildman–Crippen MR) is 115 cm³/mol. The van der Waals surface area contributed by atoms with Crippen molar-refractivity contribution in [3.8, 4) is 0 Å². The van der Waals surface area contributed by atoms with Gasteiger partial charge in [-0.2, -0.15) is 4.98 Å². The van der Waals surface area contributed by atoms with E-state index in [4.69, 9.17) is 11.6 Å². The molecule has 0 amide bonds. The fourth-order valence-corrected chi connectivity index (χ4v) is 2.93. The number of hydrogen-bond acceptors (Lipinski definition) is 4. The quantitative estimate of drug-likeness (QED) is 0.430. The van der Waals surface area contributed by atoms with Gasteiger partial charge in [-0.25, -0.2) is 4.98 Å². The van der Waals surface area contributed by atoms with Crippen LogP contribution >= 0.6 is 24.0 Å². The summed E-state index contributed by atoms with van der Waals surface area (Å²) in [5.41, 5.74) is 2.92. The Labute approximate surface area is 169 Å². The van der Waals surface area contributed by atoms with E-state index in [9.17, 15) is 0 Å². The topological polar surface area (TPSA) is 49.8 Å². The van der Waals surface area contributed by atoms with Gasteiger partial charge in [-0.15, -0.1) is 12.4 Å². The monoisotopic (exact) mass is 396 g/mol. The number of nitrogens with one attached hydrogen (secondary N) is 2. The zero-order valence-electron chi connectivity index (χ0n) is 14.4. The van der Waals surface area contributed by atoms with Crippen LogP contribution in [0.4, 0.5) is 17.5 Å². The van der Waals surface area contributed by atoms with Crippen LogP contribution < -0.4 is 10.6 Å². The van der Waals surface area contributed by atoms with Gasteiger partial charge in [0.25, 0.3) is 0 Å².